The van der Waals surface area contributed by atoms with E-state index in [1.54, 1.807) is 31.2 Å². The molecule has 38 heavy (non-hydrogen) atoms. The number of nitrogens with zero attached hydrogens (tertiary/aromatic N) is 7. The third-order valence-corrected chi connectivity index (χ3v) is 7.63. The molecule has 1 atom stereocenters. The standard InChI is InChI=1S/C28H26FN7O2/c1-28(16-30)10-4-11-36(28)27(37)23-15-21(17-5-7-19(29)8-6-17)25-20-14-22(26-31-33-34(2)32-26)24(38-3)13-18(20)9-12-35(23)25/h5-8,13-15H,4,9-12H2,1-3H3/t28-/m1/s1. The fourth-order valence-electron chi connectivity index (χ4n) is 5.66. The molecule has 6 rings (SSSR count). The third-order valence-electron chi connectivity index (χ3n) is 7.63. The number of carbonyl (C=O) groups excluding carboxylic acids is 1. The van der Waals surface area contributed by atoms with Gasteiger partial charge in [-0.1, -0.05) is 12.1 Å². The van der Waals surface area contributed by atoms with Gasteiger partial charge in [-0.15, -0.1) is 10.2 Å². The second-order valence-corrected chi connectivity index (χ2v) is 9.96. The number of aryl methyl sites for hydroxylation is 2. The zero-order valence-corrected chi connectivity index (χ0v) is 21.4. The third kappa shape index (κ3) is 3.65. The number of aromatic nitrogens is 5. The molecule has 1 amide bonds. The number of rotatable bonds is 4. The maximum absolute atomic E-state index is 13.9. The maximum atomic E-state index is 13.9. The lowest BCUT2D eigenvalue weighted by Crippen LogP contribution is -2.44. The average Bonchev–Trinajstić information content (AvgIpc) is 3.65. The number of likely N-dealkylation sites (tertiary alicyclic amines) is 1. The van der Waals surface area contributed by atoms with E-state index in [0.29, 0.717) is 48.8 Å². The zero-order valence-electron chi connectivity index (χ0n) is 21.4. The molecule has 0 N–H and O–H groups in total. The van der Waals surface area contributed by atoms with Gasteiger partial charge >= 0.3 is 0 Å². The molecule has 2 aromatic heterocycles. The second kappa shape index (κ2) is 8.80. The first-order chi connectivity index (χ1) is 18.3. The molecule has 10 heteroatoms. The van der Waals surface area contributed by atoms with Gasteiger partial charge in [0.05, 0.1) is 31.5 Å². The van der Waals surface area contributed by atoms with Gasteiger partial charge in [0, 0.05) is 24.2 Å². The number of tetrazole rings is 1. The lowest BCUT2D eigenvalue weighted by Gasteiger charge is -2.30. The van der Waals surface area contributed by atoms with Gasteiger partial charge in [-0.3, -0.25) is 4.79 Å². The van der Waals surface area contributed by atoms with E-state index in [-0.39, 0.29) is 11.7 Å². The summed E-state index contributed by atoms with van der Waals surface area (Å²) in [6, 6.07) is 14.5. The van der Waals surface area contributed by atoms with E-state index < -0.39 is 5.54 Å². The summed E-state index contributed by atoms with van der Waals surface area (Å²) in [5, 5.41) is 22.4. The number of ether oxygens (including phenoxy) is 1. The Balaban J connectivity index is 1.58. The monoisotopic (exact) mass is 511 g/mol. The Hall–Kier alpha value is -4.52. The van der Waals surface area contributed by atoms with Gasteiger partial charge < -0.3 is 14.2 Å². The highest BCUT2D eigenvalue weighted by Gasteiger charge is 2.42. The van der Waals surface area contributed by atoms with Crippen LogP contribution < -0.4 is 4.74 Å². The van der Waals surface area contributed by atoms with Crippen LogP contribution in [-0.4, -0.2) is 54.8 Å². The summed E-state index contributed by atoms with van der Waals surface area (Å²) < 4.78 is 21.5. The molecule has 4 heterocycles. The maximum Gasteiger partial charge on any atom is 0.271 e. The van der Waals surface area contributed by atoms with Crippen LogP contribution in [0.25, 0.3) is 33.8 Å². The molecule has 0 saturated carbocycles. The van der Waals surface area contributed by atoms with Gasteiger partial charge in [0.15, 0.2) is 0 Å². The van der Waals surface area contributed by atoms with Crippen molar-refractivity contribution in [1.29, 1.82) is 5.26 Å². The van der Waals surface area contributed by atoms with E-state index in [4.69, 9.17) is 4.74 Å². The van der Waals surface area contributed by atoms with E-state index in [1.165, 1.54) is 16.9 Å². The number of benzene rings is 2. The second-order valence-electron chi connectivity index (χ2n) is 9.96. The van der Waals surface area contributed by atoms with Crippen molar-refractivity contribution in [3.63, 3.8) is 0 Å². The van der Waals surface area contributed by atoms with Crippen LogP contribution >= 0.6 is 0 Å². The van der Waals surface area contributed by atoms with Crippen molar-refractivity contribution in [3.05, 3.63) is 59.5 Å². The van der Waals surface area contributed by atoms with Crippen LogP contribution in [0, 0.1) is 17.1 Å². The highest BCUT2D eigenvalue weighted by Crippen LogP contribution is 2.44. The normalized spacial score (nSPS) is 18.1. The largest absolute Gasteiger partial charge is 0.496 e. The van der Waals surface area contributed by atoms with Crippen LogP contribution in [0.5, 0.6) is 5.75 Å². The van der Waals surface area contributed by atoms with Crippen molar-refractivity contribution in [3.8, 4) is 45.6 Å². The van der Waals surface area contributed by atoms with Gasteiger partial charge in [0.25, 0.3) is 5.91 Å². The predicted molar refractivity (Wildman–Crippen MR) is 138 cm³/mol. The van der Waals surface area contributed by atoms with E-state index in [0.717, 1.165) is 34.4 Å². The first-order valence-corrected chi connectivity index (χ1v) is 12.5. The van der Waals surface area contributed by atoms with E-state index in [2.05, 4.69) is 21.5 Å². The van der Waals surface area contributed by atoms with Crippen LogP contribution in [0.3, 0.4) is 0 Å². The first-order valence-electron chi connectivity index (χ1n) is 12.5. The lowest BCUT2D eigenvalue weighted by molar-refractivity contribution is 0.0682. The van der Waals surface area contributed by atoms with Crippen molar-refractivity contribution in [2.45, 2.75) is 38.3 Å². The van der Waals surface area contributed by atoms with Crippen LogP contribution in [0.15, 0.2) is 42.5 Å². The van der Waals surface area contributed by atoms with Crippen LogP contribution in [0.2, 0.25) is 0 Å². The molecule has 0 bridgehead atoms. The molecule has 4 aromatic rings. The number of nitriles is 1. The van der Waals surface area contributed by atoms with Gasteiger partial charge in [0.2, 0.25) is 5.82 Å². The number of fused-ring (bicyclic) bond motifs is 3. The summed E-state index contributed by atoms with van der Waals surface area (Å²) in [4.78, 5) is 17.0. The number of hydrogen-bond acceptors (Lipinski definition) is 6. The van der Waals surface area contributed by atoms with Crippen molar-refractivity contribution in [1.82, 2.24) is 29.7 Å². The number of methoxy groups -OCH3 is 1. The van der Waals surface area contributed by atoms with E-state index in [9.17, 15) is 14.4 Å². The zero-order chi connectivity index (χ0) is 26.6. The topological polar surface area (TPSA) is 102 Å². The Morgan fingerprint density at radius 2 is 1.92 bits per heavy atom. The highest BCUT2D eigenvalue weighted by atomic mass is 19.1. The molecule has 0 aliphatic carbocycles. The van der Waals surface area contributed by atoms with E-state index in [1.807, 2.05) is 29.7 Å². The molecule has 1 fully saturated rings. The van der Waals surface area contributed by atoms with Gasteiger partial charge in [0.1, 0.15) is 22.8 Å². The van der Waals surface area contributed by atoms with Gasteiger partial charge in [-0.25, -0.2) is 4.39 Å². The highest BCUT2D eigenvalue weighted by molar-refractivity contribution is 5.99. The fraction of sp³-hybridized carbons (Fsp3) is 0.321. The summed E-state index contributed by atoms with van der Waals surface area (Å²) in [6.07, 6.45) is 2.11. The lowest BCUT2D eigenvalue weighted by atomic mass is 9.91. The van der Waals surface area contributed by atoms with Gasteiger partial charge in [-0.05, 0) is 72.9 Å². The Labute approximate surface area is 219 Å². The molecule has 192 valence electrons. The molecule has 2 aliphatic rings. The smallest absolute Gasteiger partial charge is 0.271 e. The Morgan fingerprint density at radius 3 is 2.61 bits per heavy atom. The molecule has 0 unspecified atom stereocenters. The average molecular weight is 512 g/mol. The van der Waals surface area contributed by atoms with Crippen LogP contribution in [0.4, 0.5) is 4.39 Å². The Bertz CT molecular complexity index is 1620. The van der Waals surface area contributed by atoms with Crippen molar-refractivity contribution in [2.75, 3.05) is 13.7 Å². The van der Waals surface area contributed by atoms with E-state index >= 15 is 0 Å². The molecular weight excluding hydrogens is 485 g/mol. The number of hydrogen-bond donors (Lipinski definition) is 0. The Morgan fingerprint density at radius 1 is 1.13 bits per heavy atom. The first kappa shape index (κ1) is 23.9. The molecule has 2 aliphatic heterocycles. The SMILES string of the molecule is COc1cc2c(cc1-c1nnn(C)n1)-c1c(-c3ccc(F)cc3)cc(C(=O)N3CCC[C@]3(C)C#N)n1CC2. The molecule has 0 spiro atoms. The molecular formula is C28H26FN7O2. The van der Waals surface area contributed by atoms with Crippen molar-refractivity contribution in [2.24, 2.45) is 7.05 Å². The fourth-order valence-corrected chi connectivity index (χ4v) is 5.66. The summed E-state index contributed by atoms with van der Waals surface area (Å²) in [5.41, 5.74) is 4.80. The molecule has 2 aromatic carbocycles. The number of amides is 1. The molecule has 1 saturated heterocycles. The minimum absolute atomic E-state index is 0.172. The minimum Gasteiger partial charge on any atom is -0.496 e. The van der Waals surface area contributed by atoms with Crippen molar-refractivity contribution >= 4 is 5.91 Å². The Kier molecular flexibility index (Phi) is 5.52. The summed E-state index contributed by atoms with van der Waals surface area (Å²) in [5.74, 6) is 0.561. The summed E-state index contributed by atoms with van der Waals surface area (Å²) >= 11 is 0. The summed E-state index contributed by atoms with van der Waals surface area (Å²) in [7, 11) is 3.31. The van der Waals surface area contributed by atoms with Crippen LogP contribution in [0.1, 0.15) is 35.8 Å². The quantitative estimate of drug-likeness (QED) is 0.406. The number of carbonyl (C=O) groups is 1. The summed E-state index contributed by atoms with van der Waals surface area (Å²) in [6.45, 7) is 2.93. The molecule has 0 radical (unpaired) electrons. The predicted octanol–water partition coefficient (Wildman–Crippen LogP) is 4.23. The van der Waals surface area contributed by atoms with Crippen LogP contribution in [-0.2, 0) is 20.0 Å². The van der Waals surface area contributed by atoms with Gasteiger partial charge in [-0.2, -0.15) is 10.1 Å². The molecule has 9 nitrogen and oxygen atoms in total. The minimum atomic E-state index is -0.845. The van der Waals surface area contributed by atoms with Crippen molar-refractivity contribution < 1.29 is 13.9 Å². The number of halogens is 1.